The van der Waals surface area contributed by atoms with Gasteiger partial charge in [0, 0.05) is 22.1 Å². The zero-order valence-corrected chi connectivity index (χ0v) is 32.4. The molecule has 0 fully saturated rings. The fraction of sp³-hybridized carbons (Fsp3) is 0.0727. The lowest BCUT2D eigenvalue weighted by atomic mass is 9.55. The lowest BCUT2D eigenvalue weighted by Crippen LogP contribution is -2.40. The van der Waals surface area contributed by atoms with Crippen molar-refractivity contribution in [2.24, 2.45) is 0 Å². The molecule has 2 aliphatic carbocycles. The van der Waals surface area contributed by atoms with Gasteiger partial charge in [0.25, 0.3) is 0 Å². The zero-order valence-electron chi connectivity index (χ0n) is 32.4. The first-order chi connectivity index (χ1) is 28.5. The third-order valence-corrected chi connectivity index (χ3v) is 12.4. The summed E-state index contributed by atoms with van der Waals surface area (Å²) in [5, 5.41) is 0. The van der Waals surface area contributed by atoms with E-state index in [-0.39, 0.29) is 5.41 Å². The molecule has 2 aliphatic rings. The maximum atomic E-state index is 5.15. The Balaban J connectivity index is 1.09. The van der Waals surface area contributed by atoms with Crippen LogP contribution in [0.5, 0.6) is 0 Å². The van der Waals surface area contributed by atoms with Gasteiger partial charge in [-0.3, -0.25) is 0 Å². The molecular formula is C55H39N3. The maximum Gasteiger partial charge on any atom is 0.164 e. The third kappa shape index (κ3) is 5.10. The highest BCUT2D eigenvalue weighted by atomic mass is 15.0. The quantitative estimate of drug-likeness (QED) is 0.176. The van der Waals surface area contributed by atoms with Crippen molar-refractivity contribution in [2.45, 2.75) is 24.7 Å². The lowest BCUT2D eigenvalue weighted by molar-refractivity contribution is 0.563. The normalized spacial score (nSPS) is 14.0. The number of hydrogen-bond acceptors (Lipinski definition) is 3. The van der Waals surface area contributed by atoms with Crippen LogP contribution in [0.4, 0.5) is 0 Å². The van der Waals surface area contributed by atoms with Gasteiger partial charge in [-0.15, -0.1) is 0 Å². The molecule has 0 unspecified atom stereocenters. The van der Waals surface area contributed by atoms with Crippen LogP contribution in [0, 0.1) is 0 Å². The molecule has 9 aromatic rings. The summed E-state index contributed by atoms with van der Waals surface area (Å²) in [6, 6.07) is 72.0. The molecular weight excluding hydrogens is 703 g/mol. The Labute approximate surface area is 339 Å². The van der Waals surface area contributed by atoms with Crippen molar-refractivity contribution in [1.29, 1.82) is 0 Å². The molecule has 0 atom stereocenters. The minimum Gasteiger partial charge on any atom is -0.208 e. The first-order valence-electron chi connectivity index (χ1n) is 20.0. The maximum absolute atomic E-state index is 5.15. The average molecular weight is 742 g/mol. The van der Waals surface area contributed by atoms with E-state index in [0.29, 0.717) is 17.5 Å². The third-order valence-electron chi connectivity index (χ3n) is 12.4. The predicted octanol–water partition coefficient (Wildman–Crippen LogP) is 13.2. The predicted molar refractivity (Wildman–Crippen MR) is 236 cm³/mol. The molecule has 0 radical (unpaired) electrons. The van der Waals surface area contributed by atoms with E-state index in [1.807, 2.05) is 24.3 Å². The number of hydrogen-bond donors (Lipinski definition) is 0. The van der Waals surface area contributed by atoms with E-state index in [1.165, 1.54) is 55.6 Å². The molecule has 58 heavy (non-hydrogen) atoms. The fourth-order valence-electron chi connectivity index (χ4n) is 9.77. The van der Waals surface area contributed by atoms with E-state index >= 15 is 0 Å². The summed E-state index contributed by atoms with van der Waals surface area (Å²) < 4.78 is 0. The second-order valence-electron chi connectivity index (χ2n) is 15.9. The van der Waals surface area contributed by atoms with Crippen LogP contribution in [0.25, 0.3) is 67.5 Å². The summed E-state index contributed by atoms with van der Waals surface area (Å²) in [5.41, 5.74) is 17.5. The topological polar surface area (TPSA) is 38.7 Å². The van der Waals surface area contributed by atoms with E-state index < -0.39 is 5.41 Å². The first-order valence-corrected chi connectivity index (χ1v) is 20.0. The number of rotatable bonds is 5. The second-order valence-corrected chi connectivity index (χ2v) is 15.9. The van der Waals surface area contributed by atoms with Gasteiger partial charge in [0.2, 0.25) is 0 Å². The summed E-state index contributed by atoms with van der Waals surface area (Å²) in [5.74, 6) is 1.93. The minimum absolute atomic E-state index is 0.145. The number of benzene rings is 8. The summed E-state index contributed by atoms with van der Waals surface area (Å²) in [6.45, 7) is 4.74. The van der Waals surface area contributed by atoms with Crippen molar-refractivity contribution < 1.29 is 0 Å². The van der Waals surface area contributed by atoms with Gasteiger partial charge in [-0.25, -0.2) is 15.0 Å². The highest BCUT2D eigenvalue weighted by Gasteiger charge is 2.53. The molecule has 0 bridgehead atoms. The van der Waals surface area contributed by atoms with Gasteiger partial charge in [0.15, 0.2) is 17.5 Å². The van der Waals surface area contributed by atoms with Crippen molar-refractivity contribution in [3.05, 3.63) is 234 Å². The summed E-state index contributed by atoms with van der Waals surface area (Å²) in [4.78, 5) is 15.3. The average Bonchev–Trinajstić information content (AvgIpc) is 3.60. The summed E-state index contributed by atoms with van der Waals surface area (Å²) in [6.07, 6.45) is 0. The Morgan fingerprint density at radius 3 is 1.33 bits per heavy atom. The molecule has 11 rings (SSSR count). The highest BCUT2D eigenvalue weighted by molar-refractivity contribution is 5.97. The Kier molecular flexibility index (Phi) is 7.74. The molecule has 0 aliphatic heterocycles. The number of aromatic nitrogens is 3. The number of nitrogens with zero attached hydrogens (tertiary/aromatic N) is 3. The van der Waals surface area contributed by atoms with Gasteiger partial charge in [0.05, 0.1) is 5.41 Å². The van der Waals surface area contributed by atoms with Crippen LogP contribution in [-0.4, -0.2) is 15.0 Å². The van der Waals surface area contributed by atoms with Crippen LogP contribution in [0.2, 0.25) is 0 Å². The zero-order chi connectivity index (χ0) is 38.8. The van der Waals surface area contributed by atoms with E-state index in [4.69, 9.17) is 15.0 Å². The molecule has 1 heterocycles. The molecule has 1 aromatic heterocycles. The van der Waals surface area contributed by atoms with Crippen LogP contribution in [0.3, 0.4) is 0 Å². The van der Waals surface area contributed by atoms with E-state index in [0.717, 1.165) is 27.8 Å². The Morgan fingerprint density at radius 1 is 0.293 bits per heavy atom. The van der Waals surface area contributed by atoms with Crippen LogP contribution in [0.1, 0.15) is 47.2 Å². The molecule has 8 aromatic carbocycles. The highest BCUT2D eigenvalue weighted by Crippen LogP contribution is 2.63. The molecule has 0 saturated carbocycles. The molecule has 0 saturated heterocycles. The molecule has 274 valence electrons. The molecule has 3 heteroatoms. The van der Waals surface area contributed by atoms with Gasteiger partial charge in [0.1, 0.15) is 0 Å². The molecule has 3 nitrogen and oxygen atoms in total. The molecule has 0 amide bonds. The second kappa shape index (κ2) is 13.2. The van der Waals surface area contributed by atoms with Crippen LogP contribution in [0.15, 0.2) is 200 Å². The van der Waals surface area contributed by atoms with Gasteiger partial charge in [-0.2, -0.15) is 0 Å². The smallest absolute Gasteiger partial charge is 0.164 e. The Bertz CT molecular complexity index is 2970. The molecule has 0 N–H and O–H groups in total. The van der Waals surface area contributed by atoms with Crippen molar-refractivity contribution >= 4 is 0 Å². The fourth-order valence-corrected chi connectivity index (χ4v) is 9.77. The Hall–Kier alpha value is -7.23. The van der Waals surface area contributed by atoms with Crippen LogP contribution >= 0.6 is 0 Å². The first kappa shape index (κ1) is 34.1. The van der Waals surface area contributed by atoms with Gasteiger partial charge < -0.3 is 0 Å². The minimum atomic E-state index is -0.452. The van der Waals surface area contributed by atoms with Crippen LogP contribution < -0.4 is 0 Å². The van der Waals surface area contributed by atoms with Gasteiger partial charge in [-0.05, 0) is 72.8 Å². The monoisotopic (exact) mass is 741 g/mol. The van der Waals surface area contributed by atoms with Crippen molar-refractivity contribution in [3.63, 3.8) is 0 Å². The summed E-state index contributed by atoms with van der Waals surface area (Å²) >= 11 is 0. The van der Waals surface area contributed by atoms with E-state index in [9.17, 15) is 0 Å². The van der Waals surface area contributed by atoms with E-state index in [1.54, 1.807) is 0 Å². The van der Waals surface area contributed by atoms with Crippen molar-refractivity contribution in [3.8, 4) is 67.5 Å². The van der Waals surface area contributed by atoms with Gasteiger partial charge in [-0.1, -0.05) is 208 Å². The van der Waals surface area contributed by atoms with Crippen LogP contribution in [-0.2, 0) is 10.8 Å². The van der Waals surface area contributed by atoms with E-state index in [2.05, 4.69) is 190 Å². The lowest BCUT2D eigenvalue weighted by Gasteiger charge is -2.46. The molecule has 1 spiro atoms. The standard InChI is InChI=1S/C55H39N3/c1-54(2)45-26-11-13-28-47(45)55(48-29-14-12-27-46(48)54)44-25-10-9-23-43(44)50-42(24-16-30-49(50)55)40-21-15-22-41(35-40)53-57-51(38-19-7-4-8-20-38)56-52(58-53)39-33-31-37(32-34-39)36-17-5-3-6-18-36/h3-35H,1-2H3. The SMILES string of the molecule is CC1(C)c2ccccc2C2(c3ccccc3-c3c(-c4cccc(-c5nc(-c6ccccc6)nc(-c6ccc(-c7ccccc7)cc6)n5)c4)cccc32)c2ccccc21. The number of fused-ring (bicyclic) bond motifs is 9. The van der Waals surface area contributed by atoms with Gasteiger partial charge >= 0.3 is 0 Å². The van der Waals surface area contributed by atoms with Crippen molar-refractivity contribution in [1.82, 2.24) is 15.0 Å². The van der Waals surface area contributed by atoms with Crippen molar-refractivity contribution in [2.75, 3.05) is 0 Å². The Morgan fingerprint density at radius 2 is 0.690 bits per heavy atom. The summed E-state index contributed by atoms with van der Waals surface area (Å²) in [7, 11) is 0. The largest absolute Gasteiger partial charge is 0.208 e.